The fraction of sp³-hybridized carbons (Fsp3) is 0.0909. The summed E-state index contributed by atoms with van der Waals surface area (Å²) in [7, 11) is 1.22. The molecule has 4 nitrogen and oxygen atoms in total. The van der Waals surface area contributed by atoms with Crippen molar-refractivity contribution in [3.63, 3.8) is 0 Å². The molecule has 2 aromatic rings. The molecule has 0 unspecified atom stereocenters. The van der Waals surface area contributed by atoms with Crippen molar-refractivity contribution in [2.75, 3.05) is 7.11 Å². The first-order chi connectivity index (χ1) is 7.61. The third-order valence-electron chi connectivity index (χ3n) is 2.11. The van der Waals surface area contributed by atoms with E-state index in [2.05, 4.69) is 4.74 Å². The van der Waals surface area contributed by atoms with Gasteiger partial charge in [-0.3, -0.25) is 0 Å². The van der Waals surface area contributed by atoms with Crippen molar-refractivity contribution in [3.05, 3.63) is 45.5 Å². The van der Waals surface area contributed by atoms with Crippen LogP contribution < -0.4 is 5.63 Å². The van der Waals surface area contributed by atoms with Crippen molar-refractivity contribution in [2.24, 2.45) is 0 Å². The number of carbonyl (C=O) groups excluding carboxylic acids is 1. The molecule has 16 heavy (non-hydrogen) atoms. The average Bonchev–Trinajstić information content (AvgIpc) is 2.28. The van der Waals surface area contributed by atoms with E-state index < -0.39 is 11.6 Å². The van der Waals surface area contributed by atoms with Gasteiger partial charge in [-0.25, -0.2) is 9.59 Å². The number of rotatable bonds is 1. The normalized spacial score (nSPS) is 10.4. The summed E-state index contributed by atoms with van der Waals surface area (Å²) in [6.07, 6.45) is 0. The molecule has 0 atom stereocenters. The standard InChI is InChI=1S/C11H7ClO4/c1-15-11(14)9-4-6-2-3-7(12)5-8(6)10(13)16-9/h2-5H,1H3. The first-order valence-electron chi connectivity index (χ1n) is 4.43. The predicted molar refractivity (Wildman–Crippen MR) is 58.8 cm³/mol. The van der Waals surface area contributed by atoms with Gasteiger partial charge in [0, 0.05) is 5.02 Å². The van der Waals surface area contributed by atoms with E-state index in [0.717, 1.165) is 0 Å². The molecule has 0 aliphatic heterocycles. The van der Waals surface area contributed by atoms with Gasteiger partial charge in [0.15, 0.2) is 0 Å². The number of hydrogen-bond acceptors (Lipinski definition) is 4. The van der Waals surface area contributed by atoms with Crippen molar-refractivity contribution in [1.29, 1.82) is 0 Å². The monoisotopic (exact) mass is 238 g/mol. The molecule has 1 aromatic carbocycles. The van der Waals surface area contributed by atoms with Gasteiger partial charge in [-0.05, 0) is 23.6 Å². The van der Waals surface area contributed by atoms with Gasteiger partial charge < -0.3 is 9.15 Å². The second-order valence-corrected chi connectivity index (χ2v) is 3.56. The molecule has 0 radical (unpaired) electrons. The molecule has 1 aromatic heterocycles. The molecular formula is C11H7ClO4. The van der Waals surface area contributed by atoms with Gasteiger partial charge >= 0.3 is 11.6 Å². The molecule has 82 valence electrons. The molecule has 0 fully saturated rings. The molecule has 0 saturated heterocycles. The molecule has 0 aliphatic carbocycles. The van der Waals surface area contributed by atoms with Crippen LogP contribution in [0.25, 0.3) is 10.8 Å². The van der Waals surface area contributed by atoms with Crippen LogP contribution in [0.4, 0.5) is 0 Å². The largest absolute Gasteiger partial charge is 0.463 e. The zero-order chi connectivity index (χ0) is 11.7. The van der Waals surface area contributed by atoms with E-state index in [9.17, 15) is 9.59 Å². The Morgan fingerprint density at radius 2 is 2.12 bits per heavy atom. The molecule has 0 bridgehead atoms. The van der Waals surface area contributed by atoms with Gasteiger partial charge in [0.1, 0.15) is 0 Å². The summed E-state index contributed by atoms with van der Waals surface area (Å²) in [5.74, 6) is -0.809. The number of methoxy groups -OCH3 is 1. The molecule has 0 amide bonds. The third-order valence-corrected chi connectivity index (χ3v) is 2.35. The minimum absolute atomic E-state index is 0.123. The van der Waals surface area contributed by atoms with Crippen LogP contribution in [0.5, 0.6) is 0 Å². The first kappa shape index (κ1) is 10.7. The van der Waals surface area contributed by atoms with Crippen molar-refractivity contribution < 1.29 is 13.9 Å². The summed E-state index contributed by atoms with van der Waals surface area (Å²) in [5.41, 5.74) is -0.611. The second kappa shape index (κ2) is 3.98. The summed E-state index contributed by atoms with van der Waals surface area (Å²) >= 11 is 5.75. The first-order valence-corrected chi connectivity index (χ1v) is 4.81. The molecule has 2 rings (SSSR count). The summed E-state index contributed by atoms with van der Waals surface area (Å²) in [4.78, 5) is 22.7. The van der Waals surface area contributed by atoms with Gasteiger partial charge in [-0.15, -0.1) is 0 Å². The maximum Gasteiger partial charge on any atom is 0.374 e. The van der Waals surface area contributed by atoms with E-state index in [1.165, 1.54) is 19.2 Å². The molecule has 0 spiro atoms. The Bertz CT molecular complexity index is 615. The van der Waals surface area contributed by atoms with Crippen LogP contribution in [0.2, 0.25) is 5.02 Å². The summed E-state index contributed by atoms with van der Waals surface area (Å²) in [6, 6.07) is 6.20. The van der Waals surface area contributed by atoms with Crippen LogP contribution in [0.3, 0.4) is 0 Å². The number of esters is 1. The van der Waals surface area contributed by atoms with Gasteiger partial charge in [-0.2, -0.15) is 0 Å². The van der Waals surface area contributed by atoms with Crippen LogP contribution in [-0.2, 0) is 4.74 Å². The maximum atomic E-state index is 11.5. The van der Waals surface area contributed by atoms with Crippen LogP contribution in [0.15, 0.2) is 33.5 Å². The molecule has 1 heterocycles. The fourth-order valence-corrected chi connectivity index (χ4v) is 1.53. The predicted octanol–water partition coefficient (Wildman–Crippen LogP) is 2.23. The number of halogens is 1. The summed E-state index contributed by atoms with van der Waals surface area (Å²) in [5, 5.41) is 1.35. The van der Waals surface area contributed by atoms with Crippen molar-refractivity contribution in [1.82, 2.24) is 0 Å². The van der Waals surface area contributed by atoms with Crippen LogP contribution in [-0.4, -0.2) is 13.1 Å². The topological polar surface area (TPSA) is 56.5 Å². The molecule has 0 saturated carbocycles. The number of fused-ring (bicyclic) bond motifs is 1. The number of benzene rings is 1. The highest BCUT2D eigenvalue weighted by Gasteiger charge is 2.12. The van der Waals surface area contributed by atoms with Crippen molar-refractivity contribution >= 4 is 28.3 Å². The van der Waals surface area contributed by atoms with E-state index in [0.29, 0.717) is 15.8 Å². The lowest BCUT2D eigenvalue weighted by Crippen LogP contribution is -2.08. The third kappa shape index (κ3) is 1.79. The Morgan fingerprint density at radius 1 is 1.38 bits per heavy atom. The lowest BCUT2D eigenvalue weighted by Gasteiger charge is -2.00. The Balaban J connectivity index is 2.73. The Hall–Kier alpha value is -1.81. The van der Waals surface area contributed by atoms with Crippen molar-refractivity contribution in [3.8, 4) is 0 Å². The van der Waals surface area contributed by atoms with Crippen LogP contribution >= 0.6 is 11.6 Å². The molecule has 0 aliphatic rings. The number of hydrogen-bond donors (Lipinski definition) is 0. The van der Waals surface area contributed by atoms with Gasteiger partial charge in [-0.1, -0.05) is 17.7 Å². The zero-order valence-corrected chi connectivity index (χ0v) is 9.08. The highest BCUT2D eigenvalue weighted by atomic mass is 35.5. The minimum atomic E-state index is -0.686. The van der Waals surface area contributed by atoms with E-state index in [1.54, 1.807) is 12.1 Å². The Kier molecular flexibility index (Phi) is 2.66. The highest BCUT2D eigenvalue weighted by molar-refractivity contribution is 6.31. The molecular weight excluding hydrogens is 232 g/mol. The molecule has 5 heteroatoms. The highest BCUT2D eigenvalue weighted by Crippen LogP contribution is 2.17. The lowest BCUT2D eigenvalue weighted by atomic mass is 10.2. The SMILES string of the molecule is COC(=O)c1cc2ccc(Cl)cc2c(=O)o1. The average molecular weight is 239 g/mol. The summed E-state index contributed by atoms with van der Waals surface area (Å²) < 4.78 is 9.28. The van der Waals surface area contributed by atoms with E-state index in [-0.39, 0.29) is 5.76 Å². The number of carbonyl (C=O) groups is 1. The van der Waals surface area contributed by atoms with Gasteiger partial charge in [0.25, 0.3) is 0 Å². The second-order valence-electron chi connectivity index (χ2n) is 3.12. The quantitative estimate of drug-likeness (QED) is 0.715. The van der Waals surface area contributed by atoms with Crippen LogP contribution in [0, 0.1) is 0 Å². The van der Waals surface area contributed by atoms with Crippen LogP contribution in [0.1, 0.15) is 10.6 Å². The van der Waals surface area contributed by atoms with E-state index in [4.69, 9.17) is 16.0 Å². The minimum Gasteiger partial charge on any atom is -0.463 e. The number of ether oxygens (including phenoxy) is 1. The fourth-order valence-electron chi connectivity index (χ4n) is 1.36. The van der Waals surface area contributed by atoms with Crippen molar-refractivity contribution in [2.45, 2.75) is 0 Å². The Labute approximate surface area is 95.4 Å². The maximum absolute atomic E-state index is 11.5. The van der Waals surface area contributed by atoms with Gasteiger partial charge in [0.2, 0.25) is 5.76 Å². The van der Waals surface area contributed by atoms with E-state index in [1.807, 2.05) is 0 Å². The Morgan fingerprint density at radius 3 is 2.81 bits per heavy atom. The molecule has 0 N–H and O–H groups in total. The lowest BCUT2D eigenvalue weighted by molar-refractivity contribution is 0.0560. The van der Waals surface area contributed by atoms with E-state index >= 15 is 0 Å². The zero-order valence-electron chi connectivity index (χ0n) is 8.32. The smallest absolute Gasteiger partial charge is 0.374 e. The summed E-state index contributed by atoms with van der Waals surface area (Å²) in [6.45, 7) is 0. The van der Waals surface area contributed by atoms with Gasteiger partial charge in [0.05, 0.1) is 12.5 Å².